The third-order valence-corrected chi connectivity index (χ3v) is 4.75. The van der Waals surface area contributed by atoms with Crippen molar-refractivity contribution >= 4 is 21.6 Å². The Hall–Kier alpha value is -0.590. The number of alkyl halides is 1. The van der Waals surface area contributed by atoms with Crippen LogP contribution < -0.4 is 4.72 Å². The Balaban J connectivity index is 2.84. The zero-order valence-electron chi connectivity index (χ0n) is 10.3. The van der Waals surface area contributed by atoms with Gasteiger partial charge in [-0.3, -0.25) is 0 Å². The van der Waals surface area contributed by atoms with Crippen LogP contribution in [0, 0.1) is 19.8 Å². The number of sulfonamides is 1. The van der Waals surface area contributed by atoms with Gasteiger partial charge in [-0.1, -0.05) is 19.0 Å². The molecule has 0 saturated carbocycles. The van der Waals surface area contributed by atoms with E-state index in [1.807, 2.05) is 13.8 Å². The lowest BCUT2D eigenvalue weighted by atomic mass is 10.1. The first-order chi connectivity index (χ1) is 7.75. The van der Waals surface area contributed by atoms with E-state index in [1.165, 1.54) is 0 Å². The predicted molar refractivity (Wildman–Crippen MR) is 65.6 cm³/mol. The average Bonchev–Trinajstić information content (AvgIpc) is 2.55. The molecule has 98 valence electrons. The number of aryl methyl sites for hydroxylation is 2. The molecule has 0 fully saturated rings. The number of halogens is 1. The van der Waals surface area contributed by atoms with Gasteiger partial charge in [-0.25, -0.2) is 13.1 Å². The second-order valence-electron chi connectivity index (χ2n) is 4.27. The van der Waals surface area contributed by atoms with Gasteiger partial charge in [0.25, 0.3) is 0 Å². The van der Waals surface area contributed by atoms with Gasteiger partial charge in [-0.05, 0) is 19.8 Å². The predicted octanol–water partition coefficient (Wildman–Crippen LogP) is 1.83. The van der Waals surface area contributed by atoms with Crippen molar-refractivity contribution in [1.29, 1.82) is 0 Å². The Labute approximate surface area is 107 Å². The van der Waals surface area contributed by atoms with E-state index in [-0.39, 0.29) is 28.5 Å². The molecule has 0 spiro atoms. The van der Waals surface area contributed by atoms with Crippen molar-refractivity contribution in [3.63, 3.8) is 0 Å². The van der Waals surface area contributed by atoms with E-state index in [2.05, 4.69) is 9.88 Å². The Kier molecular flexibility index (Phi) is 4.57. The minimum absolute atomic E-state index is 0.102. The SMILES string of the molecule is Cc1noc(C)c1S(=O)(=O)NCC(Cl)C(C)C. The summed E-state index contributed by atoms with van der Waals surface area (Å²) in [7, 11) is -3.60. The molecular formula is C10H17ClN2O3S. The lowest BCUT2D eigenvalue weighted by Crippen LogP contribution is -2.32. The maximum atomic E-state index is 12.0. The Morgan fingerprint density at radius 3 is 2.41 bits per heavy atom. The third-order valence-electron chi connectivity index (χ3n) is 2.43. The highest BCUT2D eigenvalue weighted by Gasteiger charge is 2.25. The van der Waals surface area contributed by atoms with Crippen LogP contribution >= 0.6 is 11.6 Å². The van der Waals surface area contributed by atoms with E-state index in [0.717, 1.165) is 0 Å². The molecule has 1 aromatic heterocycles. The van der Waals surface area contributed by atoms with Crippen molar-refractivity contribution in [2.45, 2.75) is 38.0 Å². The maximum Gasteiger partial charge on any atom is 0.246 e. The second kappa shape index (κ2) is 5.37. The zero-order chi connectivity index (χ0) is 13.2. The quantitative estimate of drug-likeness (QED) is 0.835. The average molecular weight is 281 g/mol. The van der Waals surface area contributed by atoms with Crippen molar-refractivity contribution in [3.8, 4) is 0 Å². The number of hydrogen-bond acceptors (Lipinski definition) is 4. The van der Waals surface area contributed by atoms with Crippen LogP contribution in [0.25, 0.3) is 0 Å². The van der Waals surface area contributed by atoms with Crippen LogP contribution in [0.4, 0.5) is 0 Å². The van der Waals surface area contributed by atoms with E-state index >= 15 is 0 Å². The number of nitrogens with zero attached hydrogens (tertiary/aromatic N) is 1. The minimum Gasteiger partial charge on any atom is -0.360 e. The largest absolute Gasteiger partial charge is 0.360 e. The Morgan fingerprint density at radius 1 is 1.41 bits per heavy atom. The standard InChI is InChI=1S/C10H17ClN2O3S/c1-6(2)9(11)5-12-17(14,15)10-7(3)13-16-8(10)4/h6,9,12H,5H2,1-4H3. The summed E-state index contributed by atoms with van der Waals surface area (Å²) in [5, 5.41) is 3.37. The van der Waals surface area contributed by atoms with Crippen LogP contribution in [0.5, 0.6) is 0 Å². The molecule has 1 rings (SSSR count). The Bertz CT molecular complexity index is 462. The van der Waals surface area contributed by atoms with Crippen LogP contribution in [-0.4, -0.2) is 25.5 Å². The highest BCUT2D eigenvalue weighted by molar-refractivity contribution is 7.89. The molecule has 1 atom stereocenters. The van der Waals surface area contributed by atoms with Crippen molar-refractivity contribution in [2.75, 3.05) is 6.54 Å². The van der Waals surface area contributed by atoms with Gasteiger partial charge in [-0.15, -0.1) is 11.6 Å². The van der Waals surface area contributed by atoms with Gasteiger partial charge >= 0.3 is 0 Å². The van der Waals surface area contributed by atoms with Crippen molar-refractivity contribution in [2.24, 2.45) is 5.92 Å². The van der Waals surface area contributed by atoms with E-state index in [4.69, 9.17) is 16.1 Å². The fourth-order valence-corrected chi connectivity index (χ4v) is 2.91. The number of nitrogens with one attached hydrogen (secondary N) is 1. The van der Waals surface area contributed by atoms with Gasteiger partial charge in [-0.2, -0.15) is 0 Å². The van der Waals surface area contributed by atoms with Crippen LogP contribution in [0.1, 0.15) is 25.3 Å². The first-order valence-corrected chi connectivity index (χ1v) is 7.24. The summed E-state index contributed by atoms with van der Waals surface area (Å²) >= 11 is 6.00. The van der Waals surface area contributed by atoms with Gasteiger partial charge in [0, 0.05) is 11.9 Å². The summed E-state index contributed by atoms with van der Waals surface area (Å²) in [5.41, 5.74) is 0.352. The van der Waals surface area contributed by atoms with E-state index in [1.54, 1.807) is 13.8 Å². The molecule has 0 aliphatic heterocycles. The molecule has 17 heavy (non-hydrogen) atoms. The molecular weight excluding hydrogens is 264 g/mol. The molecule has 1 heterocycles. The van der Waals surface area contributed by atoms with Crippen LogP contribution in [-0.2, 0) is 10.0 Å². The molecule has 7 heteroatoms. The van der Waals surface area contributed by atoms with Crippen LogP contribution in [0.3, 0.4) is 0 Å². The fraction of sp³-hybridized carbons (Fsp3) is 0.700. The molecule has 1 unspecified atom stereocenters. The second-order valence-corrected chi connectivity index (χ2v) is 6.53. The van der Waals surface area contributed by atoms with E-state index < -0.39 is 10.0 Å². The molecule has 0 aliphatic rings. The summed E-state index contributed by atoms with van der Waals surface area (Å²) in [6, 6.07) is 0. The maximum absolute atomic E-state index is 12.0. The van der Waals surface area contributed by atoms with Crippen molar-refractivity contribution in [1.82, 2.24) is 9.88 Å². The lowest BCUT2D eigenvalue weighted by molar-refractivity contribution is 0.390. The van der Waals surface area contributed by atoms with Gasteiger partial charge < -0.3 is 4.52 Å². The first kappa shape index (κ1) is 14.5. The molecule has 5 nitrogen and oxygen atoms in total. The number of aromatic nitrogens is 1. The normalized spacial score (nSPS) is 14.2. The van der Waals surface area contributed by atoms with Crippen LogP contribution in [0.2, 0.25) is 0 Å². The summed E-state index contributed by atoms with van der Waals surface area (Å²) < 4.78 is 31.3. The highest BCUT2D eigenvalue weighted by atomic mass is 35.5. The summed E-state index contributed by atoms with van der Waals surface area (Å²) in [5.74, 6) is 0.481. The van der Waals surface area contributed by atoms with Crippen LogP contribution in [0.15, 0.2) is 9.42 Å². The highest BCUT2D eigenvalue weighted by Crippen LogP contribution is 2.19. The molecule has 0 bridgehead atoms. The number of hydrogen-bond donors (Lipinski definition) is 1. The summed E-state index contributed by atoms with van der Waals surface area (Å²) in [4.78, 5) is 0.102. The van der Waals surface area contributed by atoms with E-state index in [9.17, 15) is 8.42 Å². The molecule has 0 saturated heterocycles. The molecule has 1 N–H and O–H groups in total. The van der Waals surface area contributed by atoms with E-state index in [0.29, 0.717) is 5.69 Å². The van der Waals surface area contributed by atoms with Gasteiger partial charge in [0.15, 0.2) is 5.76 Å². The topological polar surface area (TPSA) is 72.2 Å². The van der Waals surface area contributed by atoms with Gasteiger partial charge in [0.1, 0.15) is 10.6 Å². The van der Waals surface area contributed by atoms with Crippen molar-refractivity contribution < 1.29 is 12.9 Å². The Morgan fingerprint density at radius 2 is 2.00 bits per heavy atom. The summed E-state index contributed by atoms with van der Waals surface area (Å²) in [6.07, 6.45) is 0. The first-order valence-electron chi connectivity index (χ1n) is 5.32. The molecule has 1 aromatic rings. The van der Waals surface area contributed by atoms with Crippen molar-refractivity contribution in [3.05, 3.63) is 11.5 Å². The van der Waals surface area contributed by atoms with Gasteiger partial charge in [0.05, 0.1) is 0 Å². The zero-order valence-corrected chi connectivity index (χ0v) is 11.9. The van der Waals surface area contributed by atoms with Gasteiger partial charge in [0.2, 0.25) is 10.0 Å². The fourth-order valence-electron chi connectivity index (χ4n) is 1.36. The minimum atomic E-state index is -3.60. The summed E-state index contributed by atoms with van der Waals surface area (Å²) in [6.45, 7) is 7.20. The molecule has 0 amide bonds. The monoisotopic (exact) mass is 280 g/mol. The number of rotatable bonds is 5. The third kappa shape index (κ3) is 3.43. The molecule has 0 aliphatic carbocycles. The lowest BCUT2D eigenvalue weighted by Gasteiger charge is -2.14. The smallest absolute Gasteiger partial charge is 0.246 e. The molecule has 0 radical (unpaired) electrons. The molecule has 0 aromatic carbocycles.